The number of rotatable bonds is 2. The van der Waals surface area contributed by atoms with Crippen molar-refractivity contribution in [3.63, 3.8) is 0 Å². The Morgan fingerprint density at radius 2 is 1.56 bits per heavy atom. The van der Waals surface area contributed by atoms with Crippen LogP contribution in [0.1, 0.15) is 125 Å². The van der Waals surface area contributed by atoms with Crippen molar-refractivity contribution in [2.24, 2.45) is 56.5 Å². The van der Waals surface area contributed by atoms with E-state index in [1.54, 1.807) is 11.1 Å². The number of alkyl halides is 1. The minimum absolute atomic E-state index is 0.140. The Hall–Kier alpha value is -0.630. The molecule has 0 aromatic heterocycles. The van der Waals surface area contributed by atoms with Crippen LogP contribution in [0.4, 0.5) is 4.39 Å². The van der Waals surface area contributed by atoms with Gasteiger partial charge in [0, 0.05) is 5.54 Å². The lowest BCUT2D eigenvalue weighted by molar-refractivity contribution is -0.216. The Kier molecular flexibility index (Phi) is 5.66. The highest BCUT2D eigenvalue weighted by molar-refractivity contribution is 5.41. The maximum Gasteiger partial charge on any atom is 0.0951 e. The zero-order valence-electron chi connectivity index (χ0n) is 24.3. The van der Waals surface area contributed by atoms with Crippen molar-refractivity contribution in [1.82, 2.24) is 0 Å². The standard InChI is InChI=1S/C34H54FN/c1-29(2)24(23-11-16-30(3,22-35)17-12-23)13-18-31(4)27(29)14-19-33(6)28(31)10-9-25-26-8-7-15-34(26,36)21-20-32(25,33)5/h11,13,25-28H,7-10,12,14-22,36H2,1-6H3/t25?,26?,27?,28?,30-,31?,32+,33?,34?/m0/s1. The van der Waals surface area contributed by atoms with E-state index in [0.29, 0.717) is 16.2 Å². The van der Waals surface area contributed by atoms with Crippen LogP contribution in [0.5, 0.6) is 0 Å². The van der Waals surface area contributed by atoms with Crippen molar-refractivity contribution in [3.8, 4) is 0 Å². The molecule has 4 saturated carbocycles. The van der Waals surface area contributed by atoms with Gasteiger partial charge in [0.2, 0.25) is 0 Å². The Morgan fingerprint density at radius 1 is 0.778 bits per heavy atom. The molecule has 0 radical (unpaired) electrons. The molecule has 9 atom stereocenters. The second-order valence-corrected chi connectivity index (χ2v) is 16.3. The first-order chi connectivity index (χ1) is 16.8. The van der Waals surface area contributed by atoms with Crippen LogP contribution in [0.15, 0.2) is 23.3 Å². The molecule has 0 heterocycles. The molecule has 0 aromatic rings. The van der Waals surface area contributed by atoms with Gasteiger partial charge in [0.1, 0.15) is 0 Å². The number of hydrogen-bond acceptors (Lipinski definition) is 1. The maximum absolute atomic E-state index is 13.6. The summed E-state index contributed by atoms with van der Waals surface area (Å²) in [5.74, 6) is 3.15. The summed E-state index contributed by atoms with van der Waals surface area (Å²) in [7, 11) is 0. The van der Waals surface area contributed by atoms with E-state index >= 15 is 0 Å². The molecule has 2 heteroatoms. The summed E-state index contributed by atoms with van der Waals surface area (Å²) in [5, 5.41) is 0. The predicted molar refractivity (Wildman–Crippen MR) is 149 cm³/mol. The average Bonchev–Trinajstić information content (AvgIpc) is 3.22. The molecular formula is C34H54FN. The van der Waals surface area contributed by atoms with Crippen LogP contribution >= 0.6 is 0 Å². The average molecular weight is 496 g/mol. The summed E-state index contributed by atoms with van der Waals surface area (Å²) in [5.41, 5.74) is 11.7. The zero-order chi connectivity index (χ0) is 25.8. The molecule has 0 amide bonds. The molecule has 36 heavy (non-hydrogen) atoms. The number of nitrogens with two attached hydrogens (primary N) is 1. The first-order valence-corrected chi connectivity index (χ1v) is 15.6. The van der Waals surface area contributed by atoms with E-state index in [4.69, 9.17) is 5.73 Å². The summed E-state index contributed by atoms with van der Waals surface area (Å²) in [6, 6.07) is 0. The molecule has 7 unspecified atom stereocenters. The van der Waals surface area contributed by atoms with E-state index in [-0.39, 0.29) is 23.0 Å². The second kappa shape index (κ2) is 7.95. The van der Waals surface area contributed by atoms with Crippen LogP contribution in [0.2, 0.25) is 0 Å². The van der Waals surface area contributed by atoms with Crippen LogP contribution < -0.4 is 5.73 Å². The highest BCUT2D eigenvalue weighted by atomic mass is 19.1. The van der Waals surface area contributed by atoms with Gasteiger partial charge in [0.15, 0.2) is 0 Å². The molecule has 0 saturated heterocycles. The Morgan fingerprint density at radius 3 is 2.25 bits per heavy atom. The SMILES string of the molecule is CC1(C)C(C2=CC[C@](C)(CF)CC2)=CCC2(C)C1CCC1(C)C2CCC2C3CCCC3(N)CC[C@]21C. The third-order valence-electron chi connectivity index (χ3n) is 14.5. The molecule has 2 N–H and O–H groups in total. The topological polar surface area (TPSA) is 26.0 Å². The fourth-order valence-corrected chi connectivity index (χ4v) is 12.1. The van der Waals surface area contributed by atoms with Gasteiger partial charge in [-0.2, -0.15) is 0 Å². The molecule has 0 aliphatic heterocycles. The third-order valence-corrected chi connectivity index (χ3v) is 14.5. The lowest BCUT2D eigenvalue weighted by Crippen LogP contribution is -2.66. The molecule has 202 valence electrons. The summed E-state index contributed by atoms with van der Waals surface area (Å²) < 4.78 is 13.6. The third kappa shape index (κ3) is 3.21. The van der Waals surface area contributed by atoms with Gasteiger partial charge in [-0.15, -0.1) is 0 Å². The molecule has 0 spiro atoms. The molecule has 6 aliphatic rings. The number of fused-ring (bicyclic) bond motifs is 7. The van der Waals surface area contributed by atoms with E-state index in [9.17, 15) is 4.39 Å². The van der Waals surface area contributed by atoms with Crippen LogP contribution in [0.25, 0.3) is 0 Å². The molecule has 6 rings (SSSR count). The highest BCUT2D eigenvalue weighted by Gasteiger charge is 2.69. The second-order valence-electron chi connectivity index (χ2n) is 16.3. The first-order valence-electron chi connectivity index (χ1n) is 15.6. The van der Waals surface area contributed by atoms with E-state index in [1.165, 1.54) is 64.2 Å². The summed E-state index contributed by atoms with van der Waals surface area (Å²) in [6.45, 7) is 15.2. The van der Waals surface area contributed by atoms with Gasteiger partial charge in [-0.25, -0.2) is 0 Å². The van der Waals surface area contributed by atoms with Crippen LogP contribution in [0.3, 0.4) is 0 Å². The summed E-state index contributed by atoms with van der Waals surface area (Å²) in [6.07, 6.45) is 21.5. The Balaban J connectivity index is 1.33. The van der Waals surface area contributed by atoms with Crippen LogP contribution in [-0.4, -0.2) is 12.2 Å². The van der Waals surface area contributed by atoms with Crippen molar-refractivity contribution in [2.45, 2.75) is 131 Å². The van der Waals surface area contributed by atoms with Crippen LogP contribution in [-0.2, 0) is 0 Å². The van der Waals surface area contributed by atoms with Gasteiger partial charge in [-0.05, 0) is 139 Å². The van der Waals surface area contributed by atoms with Gasteiger partial charge in [0.05, 0.1) is 6.67 Å². The maximum atomic E-state index is 13.6. The monoisotopic (exact) mass is 495 g/mol. The van der Waals surface area contributed by atoms with E-state index in [0.717, 1.165) is 42.9 Å². The number of hydrogen-bond donors (Lipinski definition) is 1. The lowest BCUT2D eigenvalue weighted by atomic mass is 9.33. The predicted octanol–water partition coefficient (Wildman–Crippen LogP) is 9.18. The number of halogens is 1. The fraction of sp³-hybridized carbons (Fsp3) is 0.882. The van der Waals surface area contributed by atoms with Crippen molar-refractivity contribution in [2.75, 3.05) is 6.67 Å². The van der Waals surface area contributed by atoms with E-state index in [1.807, 2.05) is 0 Å². The fourth-order valence-electron chi connectivity index (χ4n) is 12.1. The molecular weight excluding hydrogens is 441 g/mol. The molecule has 0 aromatic carbocycles. The van der Waals surface area contributed by atoms with Gasteiger partial charge < -0.3 is 5.73 Å². The van der Waals surface area contributed by atoms with Crippen molar-refractivity contribution < 1.29 is 4.39 Å². The highest BCUT2D eigenvalue weighted by Crippen LogP contribution is 2.75. The van der Waals surface area contributed by atoms with E-state index < -0.39 is 0 Å². The zero-order valence-corrected chi connectivity index (χ0v) is 24.3. The van der Waals surface area contributed by atoms with Crippen molar-refractivity contribution >= 4 is 0 Å². The molecule has 6 aliphatic carbocycles. The van der Waals surface area contributed by atoms with Gasteiger partial charge in [0.25, 0.3) is 0 Å². The molecule has 0 bridgehead atoms. The number of allylic oxidation sites excluding steroid dienone is 4. The Labute approximate surface area is 221 Å². The normalized spacial score (nSPS) is 53.9. The van der Waals surface area contributed by atoms with Crippen molar-refractivity contribution in [3.05, 3.63) is 23.3 Å². The largest absolute Gasteiger partial charge is 0.325 e. The smallest absolute Gasteiger partial charge is 0.0951 e. The Bertz CT molecular complexity index is 978. The molecule has 1 nitrogen and oxygen atoms in total. The lowest BCUT2D eigenvalue weighted by Gasteiger charge is -2.72. The summed E-state index contributed by atoms with van der Waals surface area (Å²) in [4.78, 5) is 0. The van der Waals surface area contributed by atoms with Gasteiger partial charge >= 0.3 is 0 Å². The quantitative estimate of drug-likeness (QED) is 0.406. The van der Waals surface area contributed by atoms with E-state index in [2.05, 4.69) is 53.7 Å². The minimum Gasteiger partial charge on any atom is -0.325 e. The first kappa shape index (κ1) is 25.6. The van der Waals surface area contributed by atoms with Crippen LogP contribution in [0, 0.1) is 50.7 Å². The van der Waals surface area contributed by atoms with Crippen molar-refractivity contribution in [1.29, 1.82) is 0 Å². The minimum atomic E-state index is -0.188. The summed E-state index contributed by atoms with van der Waals surface area (Å²) >= 11 is 0. The molecule has 4 fully saturated rings. The van der Waals surface area contributed by atoms with Gasteiger partial charge in [-0.3, -0.25) is 4.39 Å². The van der Waals surface area contributed by atoms with Gasteiger partial charge in [-0.1, -0.05) is 60.1 Å².